The van der Waals surface area contributed by atoms with Crippen LogP contribution >= 0.6 is 0 Å². The quantitative estimate of drug-likeness (QED) is 0.887. The summed E-state index contributed by atoms with van der Waals surface area (Å²) in [5.41, 5.74) is 0.861. The molecule has 0 spiro atoms. The molecule has 0 bridgehead atoms. The van der Waals surface area contributed by atoms with Gasteiger partial charge in [0.15, 0.2) is 0 Å². The second-order valence-corrected chi connectivity index (χ2v) is 5.81. The number of hydrogen-bond donors (Lipinski definition) is 2. The third kappa shape index (κ3) is 4.53. The molecule has 4 heteroatoms. The van der Waals surface area contributed by atoms with Crippen LogP contribution in [0.15, 0.2) is 30.3 Å². The summed E-state index contributed by atoms with van der Waals surface area (Å²) in [6.07, 6.45) is 2.29. The monoisotopic (exact) mass is 275 g/mol. The highest BCUT2D eigenvalue weighted by atomic mass is 16.2. The molecule has 1 aliphatic heterocycles. The summed E-state index contributed by atoms with van der Waals surface area (Å²) in [7, 11) is 0. The van der Waals surface area contributed by atoms with Crippen LogP contribution < -0.4 is 10.6 Å². The number of carbonyl (C=O) groups excluding carboxylic acids is 1. The predicted molar refractivity (Wildman–Crippen MR) is 82.9 cm³/mol. The molecule has 2 rings (SSSR count). The van der Waals surface area contributed by atoms with Crippen molar-refractivity contribution in [3.63, 3.8) is 0 Å². The third-order valence-corrected chi connectivity index (χ3v) is 3.65. The number of amides is 2. The SMILES string of the molecule is CC(C)NCC1CCCN(C(=O)Nc2ccccc2)C1. The molecule has 1 fully saturated rings. The van der Waals surface area contributed by atoms with Crippen LogP contribution in [0, 0.1) is 5.92 Å². The van der Waals surface area contributed by atoms with Gasteiger partial charge in [0, 0.05) is 24.8 Å². The van der Waals surface area contributed by atoms with Crippen molar-refractivity contribution in [1.29, 1.82) is 0 Å². The first-order valence-electron chi connectivity index (χ1n) is 7.49. The van der Waals surface area contributed by atoms with E-state index >= 15 is 0 Å². The van der Waals surface area contributed by atoms with E-state index in [2.05, 4.69) is 24.5 Å². The summed E-state index contributed by atoms with van der Waals surface area (Å²) in [4.78, 5) is 14.2. The fraction of sp³-hybridized carbons (Fsp3) is 0.562. The van der Waals surface area contributed by atoms with Crippen molar-refractivity contribution in [2.24, 2.45) is 5.92 Å². The molecule has 1 aliphatic rings. The Morgan fingerprint density at radius 2 is 2.10 bits per heavy atom. The molecule has 4 nitrogen and oxygen atoms in total. The minimum Gasteiger partial charge on any atom is -0.324 e. The summed E-state index contributed by atoms with van der Waals surface area (Å²) in [6.45, 7) is 7.01. The van der Waals surface area contributed by atoms with Gasteiger partial charge in [0.1, 0.15) is 0 Å². The smallest absolute Gasteiger partial charge is 0.321 e. The van der Waals surface area contributed by atoms with Crippen LogP contribution in [-0.4, -0.2) is 36.6 Å². The lowest BCUT2D eigenvalue weighted by Gasteiger charge is -2.33. The Balaban J connectivity index is 1.83. The van der Waals surface area contributed by atoms with E-state index in [0.29, 0.717) is 12.0 Å². The molecule has 1 aromatic carbocycles. The normalized spacial score (nSPS) is 19.1. The molecule has 1 atom stereocenters. The van der Waals surface area contributed by atoms with Gasteiger partial charge in [0.2, 0.25) is 0 Å². The topological polar surface area (TPSA) is 44.4 Å². The van der Waals surface area contributed by atoms with E-state index in [4.69, 9.17) is 0 Å². The maximum Gasteiger partial charge on any atom is 0.321 e. The fourth-order valence-corrected chi connectivity index (χ4v) is 2.54. The Labute approximate surface area is 121 Å². The molecule has 1 heterocycles. The van der Waals surface area contributed by atoms with Crippen LogP contribution in [0.1, 0.15) is 26.7 Å². The Bertz CT molecular complexity index is 419. The summed E-state index contributed by atoms with van der Waals surface area (Å²) in [5.74, 6) is 0.563. The highest BCUT2D eigenvalue weighted by Crippen LogP contribution is 2.17. The Hall–Kier alpha value is -1.55. The molecule has 0 aromatic heterocycles. The molecule has 0 saturated carbocycles. The lowest BCUT2D eigenvalue weighted by atomic mass is 9.98. The van der Waals surface area contributed by atoms with Crippen LogP contribution in [0.25, 0.3) is 0 Å². The minimum atomic E-state index is 0.0189. The summed E-state index contributed by atoms with van der Waals surface area (Å²) in [6, 6.07) is 10.2. The molecule has 0 aliphatic carbocycles. The number of hydrogen-bond acceptors (Lipinski definition) is 2. The number of carbonyl (C=O) groups is 1. The van der Waals surface area contributed by atoms with E-state index in [1.165, 1.54) is 6.42 Å². The highest BCUT2D eigenvalue weighted by Gasteiger charge is 2.23. The van der Waals surface area contributed by atoms with Gasteiger partial charge in [-0.2, -0.15) is 0 Å². The third-order valence-electron chi connectivity index (χ3n) is 3.65. The van der Waals surface area contributed by atoms with E-state index in [1.807, 2.05) is 35.2 Å². The van der Waals surface area contributed by atoms with Gasteiger partial charge < -0.3 is 15.5 Å². The summed E-state index contributed by atoms with van der Waals surface area (Å²) < 4.78 is 0. The van der Waals surface area contributed by atoms with E-state index in [-0.39, 0.29) is 6.03 Å². The zero-order chi connectivity index (χ0) is 14.4. The van der Waals surface area contributed by atoms with E-state index < -0.39 is 0 Å². The van der Waals surface area contributed by atoms with Crippen LogP contribution in [0.2, 0.25) is 0 Å². The van der Waals surface area contributed by atoms with Gasteiger partial charge in [-0.05, 0) is 37.4 Å². The van der Waals surface area contributed by atoms with Gasteiger partial charge in [-0.3, -0.25) is 0 Å². The number of piperidine rings is 1. The van der Waals surface area contributed by atoms with Gasteiger partial charge in [-0.1, -0.05) is 32.0 Å². The van der Waals surface area contributed by atoms with Gasteiger partial charge in [-0.15, -0.1) is 0 Å². The number of nitrogens with zero attached hydrogens (tertiary/aromatic N) is 1. The zero-order valence-corrected chi connectivity index (χ0v) is 12.4. The number of anilines is 1. The number of likely N-dealkylation sites (tertiary alicyclic amines) is 1. The van der Waals surface area contributed by atoms with Gasteiger partial charge in [-0.25, -0.2) is 4.79 Å². The molecule has 2 amide bonds. The number of urea groups is 1. The Kier molecular flexibility index (Phi) is 5.41. The lowest BCUT2D eigenvalue weighted by Crippen LogP contribution is -2.45. The van der Waals surface area contributed by atoms with Gasteiger partial charge in [0.05, 0.1) is 0 Å². The van der Waals surface area contributed by atoms with Crippen molar-refractivity contribution in [2.75, 3.05) is 25.0 Å². The minimum absolute atomic E-state index is 0.0189. The van der Waals surface area contributed by atoms with Crippen LogP contribution in [0.5, 0.6) is 0 Å². The summed E-state index contributed by atoms with van der Waals surface area (Å²) >= 11 is 0. The molecular weight excluding hydrogens is 250 g/mol. The summed E-state index contributed by atoms with van der Waals surface area (Å²) in [5, 5.41) is 6.43. The van der Waals surface area contributed by atoms with Crippen molar-refractivity contribution < 1.29 is 4.79 Å². The average Bonchev–Trinajstić information content (AvgIpc) is 2.46. The number of nitrogens with one attached hydrogen (secondary N) is 2. The second kappa shape index (κ2) is 7.29. The molecule has 1 unspecified atom stereocenters. The average molecular weight is 275 g/mol. The highest BCUT2D eigenvalue weighted by molar-refractivity contribution is 5.89. The standard InChI is InChI=1S/C16H25N3O/c1-13(2)17-11-14-7-6-10-19(12-14)16(20)18-15-8-4-3-5-9-15/h3-5,8-9,13-14,17H,6-7,10-12H2,1-2H3,(H,18,20). The van der Waals surface area contributed by atoms with E-state index in [1.54, 1.807) is 0 Å². The first kappa shape index (κ1) is 14.9. The van der Waals surface area contributed by atoms with Crippen molar-refractivity contribution in [3.8, 4) is 0 Å². The predicted octanol–water partition coefficient (Wildman–Crippen LogP) is 2.93. The Morgan fingerprint density at radius 3 is 2.80 bits per heavy atom. The second-order valence-electron chi connectivity index (χ2n) is 5.81. The zero-order valence-electron chi connectivity index (χ0n) is 12.4. The Morgan fingerprint density at radius 1 is 1.35 bits per heavy atom. The fourth-order valence-electron chi connectivity index (χ4n) is 2.54. The van der Waals surface area contributed by atoms with Crippen LogP contribution in [0.3, 0.4) is 0 Å². The van der Waals surface area contributed by atoms with Crippen molar-refractivity contribution in [1.82, 2.24) is 10.2 Å². The van der Waals surface area contributed by atoms with Crippen LogP contribution in [-0.2, 0) is 0 Å². The first-order valence-corrected chi connectivity index (χ1v) is 7.49. The number of para-hydroxylation sites is 1. The van der Waals surface area contributed by atoms with E-state index in [0.717, 1.165) is 31.7 Å². The largest absolute Gasteiger partial charge is 0.324 e. The van der Waals surface area contributed by atoms with Crippen molar-refractivity contribution in [2.45, 2.75) is 32.7 Å². The lowest BCUT2D eigenvalue weighted by molar-refractivity contribution is 0.175. The van der Waals surface area contributed by atoms with Crippen LogP contribution in [0.4, 0.5) is 10.5 Å². The van der Waals surface area contributed by atoms with Gasteiger partial charge in [0.25, 0.3) is 0 Å². The molecule has 20 heavy (non-hydrogen) atoms. The molecule has 1 aromatic rings. The number of rotatable bonds is 4. The molecule has 1 saturated heterocycles. The van der Waals surface area contributed by atoms with Gasteiger partial charge >= 0.3 is 6.03 Å². The van der Waals surface area contributed by atoms with Crippen molar-refractivity contribution in [3.05, 3.63) is 30.3 Å². The molecular formula is C16H25N3O. The number of benzene rings is 1. The molecule has 0 radical (unpaired) electrons. The van der Waals surface area contributed by atoms with Crippen molar-refractivity contribution >= 4 is 11.7 Å². The molecule has 2 N–H and O–H groups in total. The maximum atomic E-state index is 12.2. The maximum absolute atomic E-state index is 12.2. The first-order chi connectivity index (χ1) is 9.65. The van der Waals surface area contributed by atoms with E-state index in [9.17, 15) is 4.79 Å². The molecule has 110 valence electrons.